The highest BCUT2D eigenvalue weighted by Crippen LogP contribution is 2.25. The number of carbonyl (C=O) groups excluding carboxylic acids is 2. The number of carbonyl (C=O) groups is 2. The maximum atomic E-state index is 11.9. The van der Waals surface area contributed by atoms with Gasteiger partial charge < -0.3 is 14.2 Å². The van der Waals surface area contributed by atoms with Gasteiger partial charge in [-0.1, -0.05) is 12.1 Å². The summed E-state index contributed by atoms with van der Waals surface area (Å²) in [6.07, 6.45) is 2.47. The molecule has 1 heterocycles. The van der Waals surface area contributed by atoms with E-state index in [9.17, 15) is 9.59 Å². The Morgan fingerprint density at radius 2 is 1.96 bits per heavy atom. The first-order valence-electron chi connectivity index (χ1n) is 7.19. The smallest absolute Gasteiger partial charge is 0.348 e. The molecule has 1 aromatic carbocycles. The molecule has 1 aliphatic rings. The van der Waals surface area contributed by atoms with Gasteiger partial charge in [-0.15, -0.1) is 0 Å². The van der Waals surface area contributed by atoms with Crippen molar-refractivity contribution in [2.45, 2.75) is 32.5 Å². The second-order valence-electron chi connectivity index (χ2n) is 5.42. The minimum absolute atomic E-state index is 0.161. The first-order valence-corrected chi connectivity index (χ1v) is 7.19. The van der Waals surface area contributed by atoms with Gasteiger partial charge in [-0.2, -0.15) is 5.26 Å². The molecule has 1 saturated heterocycles. The molecule has 120 valence electrons. The highest BCUT2D eigenvalue weighted by Gasteiger charge is 2.38. The van der Waals surface area contributed by atoms with Gasteiger partial charge in [0.2, 0.25) is 0 Å². The minimum atomic E-state index is -1.25. The van der Waals surface area contributed by atoms with Crippen LogP contribution >= 0.6 is 0 Å². The highest BCUT2D eigenvalue weighted by molar-refractivity contribution is 6.18. The van der Waals surface area contributed by atoms with Crippen molar-refractivity contribution in [2.75, 3.05) is 6.61 Å². The molecule has 0 unspecified atom stereocenters. The Balaban J connectivity index is 2.11. The Morgan fingerprint density at radius 3 is 2.61 bits per heavy atom. The third-order valence-corrected chi connectivity index (χ3v) is 2.99. The number of ether oxygens (including phenoxy) is 3. The van der Waals surface area contributed by atoms with Crippen LogP contribution in [0, 0.1) is 11.3 Å². The second-order valence-corrected chi connectivity index (χ2v) is 5.42. The molecule has 6 nitrogen and oxygen atoms in total. The monoisotopic (exact) mass is 315 g/mol. The van der Waals surface area contributed by atoms with Crippen molar-refractivity contribution < 1.29 is 23.8 Å². The summed E-state index contributed by atoms with van der Waals surface area (Å²) in [7, 11) is 0. The van der Waals surface area contributed by atoms with Crippen LogP contribution in [0.3, 0.4) is 0 Å². The summed E-state index contributed by atoms with van der Waals surface area (Å²) < 4.78 is 15.6. The Bertz CT molecular complexity index is 662. The lowest BCUT2D eigenvalue weighted by Crippen LogP contribution is -2.41. The van der Waals surface area contributed by atoms with Crippen LogP contribution in [0.25, 0.3) is 6.08 Å². The number of nitrogens with zero attached hydrogens (tertiary/aromatic N) is 1. The summed E-state index contributed by atoms with van der Waals surface area (Å²) in [5.74, 6) is -2.09. The lowest BCUT2D eigenvalue weighted by Gasteiger charge is -2.29. The largest absolute Gasteiger partial charge is 0.494 e. The fourth-order valence-electron chi connectivity index (χ4n) is 1.98. The van der Waals surface area contributed by atoms with Crippen molar-refractivity contribution in [1.82, 2.24) is 0 Å². The zero-order valence-electron chi connectivity index (χ0n) is 13.0. The highest BCUT2D eigenvalue weighted by atomic mass is 16.7. The van der Waals surface area contributed by atoms with Gasteiger partial charge in [0.05, 0.1) is 12.7 Å². The number of hydrogen-bond donors (Lipinski definition) is 0. The molecule has 6 heteroatoms. The van der Waals surface area contributed by atoms with Gasteiger partial charge in [0.15, 0.2) is 0 Å². The molecule has 0 spiro atoms. The fourth-order valence-corrected chi connectivity index (χ4v) is 1.98. The minimum Gasteiger partial charge on any atom is -0.494 e. The normalized spacial score (nSPS) is 16.1. The average Bonchev–Trinajstić information content (AvgIpc) is 2.47. The summed E-state index contributed by atoms with van der Waals surface area (Å²) in [5, 5.41) is 8.48. The van der Waals surface area contributed by atoms with E-state index in [-0.39, 0.29) is 5.57 Å². The molecule has 0 aromatic heterocycles. The molecule has 23 heavy (non-hydrogen) atoms. The van der Waals surface area contributed by atoms with E-state index in [1.54, 1.807) is 24.3 Å². The van der Waals surface area contributed by atoms with Crippen LogP contribution in [0.2, 0.25) is 0 Å². The SMILES string of the molecule is CC1(C)OC(=O)C(=Cc2cccc(OCCCC#N)c2)C(=O)O1. The van der Waals surface area contributed by atoms with Crippen molar-refractivity contribution in [3.8, 4) is 11.8 Å². The molecule has 0 saturated carbocycles. The van der Waals surface area contributed by atoms with Crippen LogP contribution in [-0.4, -0.2) is 24.3 Å². The number of rotatable bonds is 5. The second kappa shape index (κ2) is 6.97. The summed E-state index contributed by atoms with van der Waals surface area (Å²) in [5.41, 5.74) is 0.456. The van der Waals surface area contributed by atoms with Crippen molar-refractivity contribution in [1.29, 1.82) is 5.26 Å². The number of benzene rings is 1. The molecular weight excluding hydrogens is 298 g/mol. The Labute approximate surface area is 134 Å². The lowest BCUT2D eigenvalue weighted by atomic mass is 10.1. The maximum Gasteiger partial charge on any atom is 0.348 e. The first-order chi connectivity index (χ1) is 10.9. The molecule has 0 N–H and O–H groups in total. The molecule has 1 aliphatic heterocycles. The van der Waals surface area contributed by atoms with Gasteiger partial charge in [-0.3, -0.25) is 0 Å². The van der Waals surface area contributed by atoms with Gasteiger partial charge in [0.1, 0.15) is 11.3 Å². The first kappa shape index (κ1) is 16.6. The topological polar surface area (TPSA) is 85.6 Å². The number of unbranched alkanes of at least 4 members (excludes halogenated alkanes) is 1. The maximum absolute atomic E-state index is 11.9. The molecule has 1 fully saturated rings. The lowest BCUT2D eigenvalue weighted by molar-refractivity contribution is -0.222. The molecule has 0 bridgehead atoms. The van der Waals surface area contributed by atoms with E-state index in [0.29, 0.717) is 30.8 Å². The zero-order valence-corrected chi connectivity index (χ0v) is 13.0. The molecular formula is C17H17NO5. The van der Waals surface area contributed by atoms with Gasteiger partial charge in [0, 0.05) is 20.3 Å². The van der Waals surface area contributed by atoms with Crippen molar-refractivity contribution in [2.24, 2.45) is 0 Å². The van der Waals surface area contributed by atoms with Crippen molar-refractivity contribution in [3.05, 3.63) is 35.4 Å². The van der Waals surface area contributed by atoms with Gasteiger partial charge in [-0.05, 0) is 30.2 Å². The third-order valence-electron chi connectivity index (χ3n) is 2.99. The molecule has 2 rings (SSSR count). The van der Waals surface area contributed by atoms with Crippen LogP contribution in [0.4, 0.5) is 0 Å². The summed E-state index contributed by atoms with van der Waals surface area (Å²) >= 11 is 0. The number of cyclic esters (lactones) is 2. The molecule has 0 amide bonds. The standard InChI is InChI=1S/C17H17NO5/c1-17(2)22-15(19)14(16(20)23-17)11-12-6-5-7-13(10-12)21-9-4-3-8-18/h5-7,10-11H,3-4,9H2,1-2H3. The third kappa shape index (κ3) is 4.58. The quantitative estimate of drug-likeness (QED) is 0.359. The van der Waals surface area contributed by atoms with Crippen LogP contribution in [-0.2, 0) is 19.1 Å². The van der Waals surface area contributed by atoms with E-state index in [4.69, 9.17) is 19.5 Å². The van der Waals surface area contributed by atoms with Gasteiger partial charge >= 0.3 is 11.9 Å². The Kier molecular flexibility index (Phi) is 5.02. The molecule has 1 aromatic rings. The van der Waals surface area contributed by atoms with Gasteiger partial charge in [-0.25, -0.2) is 9.59 Å². The van der Waals surface area contributed by atoms with Crippen LogP contribution in [0.5, 0.6) is 5.75 Å². The summed E-state index contributed by atoms with van der Waals surface area (Å²) in [4.78, 5) is 23.8. The fraction of sp³-hybridized carbons (Fsp3) is 0.353. The summed E-state index contributed by atoms with van der Waals surface area (Å²) in [6.45, 7) is 3.41. The molecule has 0 atom stereocenters. The van der Waals surface area contributed by atoms with E-state index in [1.165, 1.54) is 19.9 Å². The van der Waals surface area contributed by atoms with Crippen molar-refractivity contribution >= 4 is 18.0 Å². The predicted molar refractivity (Wildman–Crippen MR) is 81.0 cm³/mol. The molecule has 0 aliphatic carbocycles. The Morgan fingerprint density at radius 1 is 1.26 bits per heavy atom. The van der Waals surface area contributed by atoms with Crippen LogP contribution in [0.15, 0.2) is 29.8 Å². The zero-order chi connectivity index (χ0) is 16.9. The van der Waals surface area contributed by atoms with Gasteiger partial charge in [0.25, 0.3) is 5.79 Å². The van der Waals surface area contributed by atoms with E-state index in [2.05, 4.69) is 0 Å². The number of hydrogen-bond acceptors (Lipinski definition) is 6. The van der Waals surface area contributed by atoms with Crippen LogP contribution < -0.4 is 4.74 Å². The summed E-state index contributed by atoms with van der Waals surface area (Å²) in [6, 6.07) is 8.97. The predicted octanol–water partition coefficient (Wildman–Crippen LogP) is 2.59. The van der Waals surface area contributed by atoms with E-state index in [0.717, 1.165) is 0 Å². The number of esters is 2. The van der Waals surface area contributed by atoms with E-state index in [1.807, 2.05) is 6.07 Å². The van der Waals surface area contributed by atoms with E-state index < -0.39 is 17.7 Å². The average molecular weight is 315 g/mol. The molecule has 0 radical (unpaired) electrons. The number of nitriles is 1. The van der Waals surface area contributed by atoms with Crippen LogP contribution in [0.1, 0.15) is 32.3 Å². The van der Waals surface area contributed by atoms with Crippen molar-refractivity contribution in [3.63, 3.8) is 0 Å². The Hall–Kier alpha value is -2.81. The van der Waals surface area contributed by atoms with E-state index >= 15 is 0 Å².